The van der Waals surface area contributed by atoms with E-state index in [1.807, 2.05) is 0 Å². The Kier molecular flexibility index (Phi) is 5.15. The van der Waals surface area contributed by atoms with Crippen LogP contribution in [-0.2, 0) is 13.0 Å². The van der Waals surface area contributed by atoms with Crippen LogP contribution < -0.4 is 0 Å². The molecule has 20 heavy (non-hydrogen) atoms. The molecule has 4 nitrogen and oxygen atoms in total. The maximum Gasteiger partial charge on any atom is 0.109 e. The second-order valence-electron chi connectivity index (χ2n) is 5.66. The quantitative estimate of drug-likeness (QED) is 0.842. The third kappa shape index (κ3) is 3.58. The molecule has 0 aliphatic rings. The molecule has 1 heterocycles. The molecule has 0 bridgehead atoms. The predicted octanol–water partition coefficient (Wildman–Crippen LogP) is 2.22. The molecule has 0 saturated carbocycles. The third-order valence-corrected chi connectivity index (χ3v) is 3.53. The molecule has 2 rings (SSSR count). The molecule has 0 unspecified atom stereocenters. The van der Waals surface area contributed by atoms with E-state index in [-0.39, 0.29) is 6.61 Å². The van der Waals surface area contributed by atoms with Crippen molar-refractivity contribution < 1.29 is 5.11 Å². The normalized spacial score (nSPS) is 11.7. The number of aliphatic hydroxyl groups excluding tert-OH is 1. The smallest absolute Gasteiger partial charge is 0.109 e. The average molecular weight is 275 g/mol. The Morgan fingerprint density at radius 2 is 2.05 bits per heavy atom. The lowest BCUT2D eigenvalue weighted by atomic mass is 10.2. The molecular weight excluding hydrogens is 250 g/mol. The second-order valence-corrected chi connectivity index (χ2v) is 5.66. The number of hydrogen-bond donors (Lipinski definition) is 1. The first-order valence-electron chi connectivity index (χ1n) is 7.33. The first kappa shape index (κ1) is 15.0. The van der Waals surface area contributed by atoms with Crippen LogP contribution in [0.1, 0.15) is 24.2 Å². The summed E-state index contributed by atoms with van der Waals surface area (Å²) in [5.41, 5.74) is 3.52. The van der Waals surface area contributed by atoms with Crippen molar-refractivity contribution in [2.75, 3.05) is 27.2 Å². The van der Waals surface area contributed by atoms with Crippen LogP contribution in [0, 0.1) is 6.92 Å². The zero-order valence-electron chi connectivity index (χ0n) is 12.8. The Labute approximate surface area is 121 Å². The minimum Gasteiger partial charge on any atom is -0.396 e. The Morgan fingerprint density at radius 1 is 1.25 bits per heavy atom. The van der Waals surface area contributed by atoms with Crippen LogP contribution in [0.4, 0.5) is 0 Å². The number of aryl methyl sites for hydroxylation is 3. The molecule has 0 amide bonds. The van der Waals surface area contributed by atoms with Gasteiger partial charge in [0.25, 0.3) is 0 Å². The zero-order chi connectivity index (χ0) is 14.5. The average Bonchev–Trinajstić information content (AvgIpc) is 2.73. The molecule has 1 aromatic heterocycles. The lowest BCUT2D eigenvalue weighted by Gasteiger charge is -2.12. The topological polar surface area (TPSA) is 41.3 Å². The van der Waals surface area contributed by atoms with E-state index in [1.54, 1.807) is 0 Å². The number of nitrogens with zero attached hydrogens (tertiary/aromatic N) is 3. The first-order valence-corrected chi connectivity index (χ1v) is 7.33. The second kappa shape index (κ2) is 6.86. The Hall–Kier alpha value is -1.39. The summed E-state index contributed by atoms with van der Waals surface area (Å²) in [5.74, 6) is 1.10. The van der Waals surface area contributed by atoms with Crippen LogP contribution in [-0.4, -0.2) is 46.8 Å². The fourth-order valence-electron chi connectivity index (χ4n) is 2.51. The van der Waals surface area contributed by atoms with E-state index in [1.165, 1.54) is 11.1 Å². The highest BCUT2D eigenvalue weighted by Gasteiger charge is 2.10. The third-order valence-electron chi connectivity index (χ3n) is 3.53. The minimum absolute atomic E-state index is 0.222. The number of fused-ring (bicyclic) bond motifs is 1. The number of benzene rings is 1. The van der Waals surface area contributed by atoms with Gasteiger partial charge in [0, 0.05) is 19.6 Å². The van der Waals surface area contributed by atoms with Gasteiger partial charge < -0.3 is 14.6 Å². The molecule has 1 N–H and O–H groups in total. The summed E-state index contributed by atoms with van der Waals surface area (Å²) in [6.45, 7) is 4.38. The summed E-state index contributed by atoms with van der Waals surface area (Å²) in [7, 11) is 4.20. The van der Waals surface area contributed by atoms with E-state index < -0.39 is 0 Å². The summed E-state index contributed by atoms with van der Waals surface area (Å²) in [4.78, 5) is 6.95. The van der Waals surface area contributed by atoms with Crippen molar-refractivity contribution in [2.45, 2.75) is 32.7 Å². The number of imidazole rings is 1. The molecule has 0 spiro atoms. The van der Waals surface area contributed by atoms with Gasteiger partial charge in [0.05, 0.1) is 11.0 Å². The number of hydrogen-bond acceptors (Lipinski definition) is 3. The molecule has 2 aromatic rings. The van der Waals surface area contributed by atoms with Crippen molar-refractivity contribution in [3.05, 3.63) is 29.6 Å². The molecule has 0 aliphatic carbocycles. The lowest BCUT2D eigenvalue weighted by Crippen LogP contribution is -2.16. The Morgan fingerprint density at radius 3 is 2.75 bits per heavy atom. The van der Waals surface area contributed by atoms with Gasteiger partial charge in [-0.15, -0.1) is 0 Å². The molecule has 110 valence electrons. The summed E-state index contributed by atoms with van der Waals surface area (Å²) in [5, 5.41) is 9.04. The van der Waals surface area contributed by atoms with E-state index >= 15 is 0 Å². The van der Waals surface area contributed by atoms with Crippen molar-refractivity contribution in [3.8, 4) is 0 Å². The fraction of sp³-hybridized carbons (Fsp3) is 0.562. The van der Waals surface area contributed by atoms with Gasteiger partial charge in [-0.2, -0.15) is 0 Å². The van der Waals surface area contributed by atoms with Crippen LogP contribution in [0.3, 0.4) is 0 Å². The molecular formula is C16H25N3O. The standard InChI is InChI=1S/C16H25N3O/c1-13-7-8-15-14(12-13)17-16(6-4-11-20)19(15)10-5-9-18(2)3/h7-8,12,20H,4-6,9-11H2,1-3H3. The summed E-state index contributed by atoms with van der Waals surface area (Å²) < 4.78 is 2.31. The van der Waals surface area contributed by atoms with E-state index in [2.05, 4.69) is 48.7 Å². The minimum atomic E-state index is 0.222. The van der Waals surface area contributed by atoms with Crippen LogP contribution in [0.5, 0.6) is 0 Å². The van der Waals surface area contributed by atoms with Gasteiger partial charge in [-0.25, -0.2) is 4.98 Å². The van der Waals surface area contributed by atoms with Crippen molar-refractivity contribution in [1.29, 1.82) is 0 Å². The SMILES string of the molecule is Cc1ccc2c(c1)nc(CCCO)n2CCCN(C)C. The van der Waals surface area contributed by atoms with Crippen molar-refractivity contribution in [2.24, 2.45) is 0 Å². The molecule has 4 heteroatoms. The largest absolute Gasteiger partial charge is 0.396 e. The summed E-state index contributed by atoms with van der Waals surface area (Å²) in [6, 6.07) is 6.44. The van der Waals surface area contributed by atoms with Gasteiger partial charge in [0.2, 0.25) is 0 Å². The van der Waals surface area contributed by atoms with Gasteiger partial charge in [-0.3, -0.25) is 0 Å². The van der Waals surface area contributed by atoms with Gasteiger partial charge in [0.15, 0.2) is 0 Å². The first-order chi connectivity index (χ1) is 9.61. The Balaban J connectivity index is 2.26. The van der Waals surface area contributed by atoms with Crippen LogP contribution >= 0.6 is 0 Å². The molecule has 0 fully saturated rings. The van der Waals surface area contributed by atoms with Crippen molar-refractivity contribution in [3.63, 3.8) is 0 Å². The lowest BCUT2D eigenvalue weighted by molar-refractivity contribution is 0.286. The summed E-state index contributed by atoms with van der Waals surface area (Å²) >= 11 is 0. The van der Waals surface area contributed by atoms with Crippen molar-refractivity contribution >= 4 is 11.0 Å². The summed E-state index contributed by atoms with van der Waals surface area (Å²) in [6.07, 6.45) is 2.72. The highest BCUT2D eigenvalue weighted by molar-refractivity contribution is 5.76. The molecule has 0 atom stereocenters. The molecule has 0 saturated heterocycles. The van der Waals surface area contributed by atoms with Crippen molar-refractivity contribution in [1.82, 2.24) is 14.5 Å². The van der Waals surface area contributed by atoms with Gasteiger partial charge in [-0.1, -0.05) is 6.07 Å². The fourth-order valence-corrected chi connectivity index (χ4v) is 2.51. The van der Waals surface area contributed by atoms with Gasteiger partial charge >= 0.3 is 0 Å². The molecule has 1 aromatic carbocycles. The highest BCUT2D eigenvalue weighted by Crippen LogP contribution is 2.19. The maximum atomic E-state index is 9.04. The monoisotopic (exact) mass is 275 g/mol. The highest BCUT2D eigenvalue weighted by atomic mass is 16.2. The van der Waals surface area contributed by atoms with Crippen LogP contribution in [0.2, 0.25) is 0 Å². The predicted molar refractivity (Wildman–Crippen MR) is 83.0 cm³/mol. The van der Waals surface area contributed by atoms with Crippen LogP contribution in [0.25, 0.3) is 11.0 Å². The van der Waals surface area contributed by atoms with E-state index in [4.69, 9.17) is 10.1 Å². The number of aliphatic hydroxyl groups is 1. The van der Waals surface area contributed by atoms with E-state index in [9.17, 15) is 0 Å². The van der Waals surface area contributed by atoms with Gasteiger partial charge in [0.1, 0.15) is 5.82 Å². The zero-order valence-corrected chi connectivity index (χ0v) is 12.8. The maximum absolute atomic E-state index is 9.04. The van der Waals surface area contributed by atoms with E-state index in [0.29, 0.717) is 0 Å². The van der Waals surface area contributed by atoms with Crippen LogP contribution in [0.15, 0.2) is 18.2 Å². The number of aromatic nitrogens is 2. The molecule has 0 aliphatic heterocycles. The van der Waals surface area contributed by atoms with Gasteiger partial charge in [-0.05, 0) is 58.1 Å². The van der Waals surface area contributed by atoms with E-state index in [0.717, 1.165) is 43.7 Å². The number of rotatable bonds is 7. The molecule has 0 radical (unpaired) electrons. The Bertz CT molecular complexity index is 560.